The van der Waals surface area contributed by atoms with Crippen LogP contribution in [0.15, 0.2) is 18.2 Å². The Kier molecular flexibility index (Phi) is 3.18. The van der Waals surface area contributed by atoms with E-state index >= 15 is 0 Å². The average molecular weight is 333 g/mol. The van der Waals surface area contributed by atoms with E-state index in [9.17, 15) is 22.4 Å². The van der Waals surface area contributed by atoms with Crippen LogP contribution in [0.4, 0.5) is 14.9 Å². The molecule has 1 atom stereocenters. The highest BCUT2D eigenvalue weighted by atomic mass is 35.5. The van der Waals surface area contributed by atoms with E-state index in [0.717, 1.165) is 11.0 Å². The Labute approximate surface area is 125 Å². The molecule has 2 aliphatic rings. The fraction of sp³-hybridized carbons (Fsp3) is 0.333. The zero-order valence-electron chi connectivity index (χ0n) is 10.6. The minimum atomic E-state index is -3.37. The molecule has 2 heterocycles. The first kappa shape index (κ1) is 14.3. The van der Waals surface area contributed by atoms with Crippen molar-refractivity contribution >= 4 is 39.1 Å². The van der Waals surface area contributed by atoms with Gasteiger partial charge in [0.25, 0.3) is 5.91 Å². The van der Waals surface area contributed by atoms with Crippen molar-refractivity contribution in [2.24, 2.45) is 0 Å². The van der Waals surface area contributed by atoms with Gasteiger partial charge in [-0.3, -0.25) is 4.79 Å². The molecule has 6 nitrogen and oxygen atoms in total. The molecule has 21 heavy (non-hydrogen) atoms. The number of hydrogen-bond acceptors (Lipinski definition) is 4. The smallest absolute Gasteiger partial charge is 0.310 e. The molecule has 0 radical (unpaired) electrons. The number of amides is 3. The Balaban J connectivity index is 2.01. The molecule has 0 aliphatic carbocycles. The van der Waals surface area contributed by atoms with Crippen LogP contribution in [-0.4, -0.2) is 49.3 Å². The van der Waals surface area contributed by atoms with Crippen LogP contribution in [0, 0.1) is 5.82 Å². The zero-order chi connectivity index (χ0) is 15.4. The number of urea groups is 1. The summed E-state index contributed by atoms with van der Waals surface area (Å²) in [6.45, 7) is -0.0662. The van der Waals surface area contributed by atoms with E-state index in [1.165, 1.54) is 12.1 Å². The third kappa shape index (κ3) is 2.28. The molecule has 1 aromatic carbocycles. The fourth-order valence-electron chi connectivity index (χ4n) is 2.50. The number of sulfone groups is 1. The molecule has 2 aliphatic heterocycles. The maximum Gasteiger partial charge on any atom is 0.332 e. The van der Waals surface area contributed by atoms with E-state index in [-0.39, 0.29) is 23.0 Å². The molecule has 2 fully saturated rings. The second-order valence-corrected chi connectivity index (χ2v) is 7.54. The summed E-state index contributed by atoms with van der Waals surface area (Å²) in [6, 6.07) is 1.79. The maximum atomic E-state index is 13.9. The highest BCUT2D eigenvalue weighted by Crippen LogP contribution is 2.31. The minimum absolute atomic E-state index is 0.0662. The van der Waals surface area contributed by atoms with E-state index in [4.69, 9.17) is 11.6 Å². The van der Waals surface area contributed by atoms with Crippen LogP contribution in [0.25, 0.3) is 0 Å². The number of rotatable bonds is 1. The fourth-order valence-corrected chi connectivity index (χ4v) is 4.10. The van der Waals surface area contributed by atoms with Crippen molar-refractivity contribution in [1.82, 2.24) is 4.90 Å². The number of benzene rings is 1. The quantitative estimate of drug-likeness (QED) is 0.720. The number of anilines is 1. The van der Waals surface area contributed by atoms with Crippen LogP contribution in [0.1, 0.15) is 0 Å². The lowest BCUT2D eigenvalue weighted by Crippen LogP contribution is -2.48. The maximum absolute atomic E-state index is 13.9. The number of carbonyl (C=O) groups is 2. The molecule has 1 aromatic rings. The largest absolute Gasteiger partial charge is 0.332 e. The summed E-state index contributed by atoms with van der Waals surface area (Å²) in [5, 5.41) is 0.135. The SMILES string of the molecule is O=C1C2CS(=O)(=O)CCN2C(=O)N1c1ccc(Cl)cc1F. The predicted octanol–water partition coefficient (Wildman–Crippen LogP) is 1.04. The first-order valence-electron chi connectivity index (χ1n) is 6.10. The molecule has 3 amide bonds. The summed E-state index contributed by atoms with van der Waals surface area (Å²) >= 11 is 5.64. The van der Waals surface area contributed by atoms with Gasteiger partial charge in [0.2, 0.25) is 0 Å². The van der Waals surface area contributed by atoms with Gasteiger partial charge in [0.05, 0.1) is 17.2 Å². The summed E-state index contributed by atoms with van der Waals surface area (Å²) in [5.74, 6) is -2.17. The van der Waals surface area contributed by atoms with Crippen LogP contribution >= 0.6 is 11.6 Å². The van der Waals surface area contributed by atoms with Crippen molar-refractivity contribution in [2.45, 2.75) is 6.04 Å². The van der Waals surface area contributed by atoms with E-state index in [1.807, 2.05) is 0 Å². The third-order valence-corrected chi connectivity index (χ3v) is 5.39. The second-order valence-electron chi connectivity index (χ2n) is 4.88. The highest BCUT2D eigenvalue weighted by Gasteiger charge is 2.50. The molecule has 0 saturated carbocycles. The molecule has 0 bridgehead atoms. The summed E-state index contributed by atoms with van der Waals surface area (Å²) in [5.41, 5.74) is -0.221. The second kappa shape index (κ2) is 4.67. The molecule has 0 aromatic heterocycles. The van der Waals surface area contributed by atoms with E-state index < -0.39 is 39.4 Å². The molecular formula is C12H10ClFN2O4S. The molecular weight excluding hydrogens is 323 g/mol. The Morgan fingerprint density at radius 1 is 1.29 bits per heavy atom. The monoisotopic (exact) mass is 332 g/mol. The lowest BCUT2D eigenvalue weighted by Gasteiger charge is -2.26. The first-order chi connectivity index (χ1) is 9.80. The Morgan fingerprint density at radius 2 is 2.00 bits per heavy atom. The third-order valence-electron chi connectivity index (χ3n) is 3.52. The molecule has 112 valence electrons. The standard InChI is InChI=1S/C12H10ClFN2O4S/c13-7-1-2-9(8(14)5-7)16-11(17)10-6-21(19,20)4-3-15(10)12(16)18/h1-2,5,10H,3-4,6H2. The van der Waals surface area contributed by atoms with Gasteiger partial charge in [0, 0.05) is 11.6 Å². The molecule has 1 unspecified atom stereocenters. The van der Waals surface area contributed by atoms with Gasteiger partial charge in [-0.25, -0.2) is 22.5 Å². The number of halogens is 2. The predicted molar refractivity (Wildman–Crippen MR) is 73.4 cm³/mol. The van der Waals surface area contributed by atoms with Crippen LogP contribution in [-0.2, 0) is 14.6 Å². The van der Waals surface area contributed by atoms with Crippen molar-refractivity contribution in [1.29, 1.82) is 0 Å². The van der Waals surface area contributed by atoms with Crippen LogP contribution in [0.2, 0.25) is 5.02 Å². The van der Waals surface area contributed by atoms with Gasteiger partial charge in [-0.2, -0.15) is 0 Å². The lowest BCUT2D eigenvalue weighted by atomic mass is 10.2. The Hall–Kier alpha value is -1.67. The van der Waals surface area contributed by atoms with Crippen LogP contribution in [0.5, 0.6) is 0 Å². The van der Waals surface area contributed by atoms with E-state index in [1.54, 1.807) is 0 Å². The van der Waals surface area contributed by atoms with E-state index in [0.29, 0.717) is 4.90 Å². The van der Waals surface area contributed by atoms with Gasteiger partial charge in [0.1, 0.15) is 11.9 Å². The normalized spacial score (nSPS) is 24.4. The van der Waals surface area contributed by atoms with Crippen molar-refractivity contribution in [3.05, 3.63) is 29.0 Å². The molecule has 3 rings (SSSR count). The number of hydrogen-bond donors (Lipinski definition) is 0. The number of nitrogens with zero attached hydrogens (tertiary/aromatic N) is 2. The van der Waals surface area contributed by atoms with Gasteiger partial charge in [0.15, 0.2) is 9.84 Å². The van der Waals surface area contributed by atoms with Gasteiger partial charge < -0.3 is 4.90 Å². The topological polar surface area (TPSA) is 74.8 Å². The molecule has 0 spiro atoms. The summed E-state index contributed by atoms with van der Waals surface area (Å²) < 4.78 is 37.1. The highest BCUT2D eigenvalue weighted by molar-refractivity contribution is 7.91. The Morgan fingerprint density at radius 3 is 2.67 bits per heavy atom. The van der Waals surface area contributed by atoms with Crippen LogP contribution in [0.3, 0.4) is 0 Å². The first-order valence-corrected chi connectivity index (χ1v) is 8.30. The van der Waals surface area contributed by atoms with Gasteiger partial charge in [-0.1, -0.05) is 11.6 Å². The van der Waals surface area contributed by atoms with E-state index in [2.05, 4.69) is 0 Å². The molecule has 0 N–H and O–H groups in total. The minimum Gasteiger partial charge on any atom is -0.310 e. The van der Waals surface area contributed by atoms with Crippen molar-refractivity contribution < 1.29 is 22.4 Å². The van der Waals surface area contributed by atoms with Crippen molar-refractivity contribution in [2.75, 3.05) is 23.0 Å². The zero-order valence-corrected chi connectivity index (χ0v) is 12.2. The summed E-state index contributed by atoms with van der Waals surface area (Å²) in [6.07, 6.45) is 0. The molecule has 2 saturated heterocycles. The van der Waals surface area contributed by atoms with Gasteiger partial charge in [-0.05, 0) is 18.2 Å². The van der Waals surface area contributed by atoms with Gasteiger partial charge >= 0.3 is 6.03 Å². The summed E-state index contributed by atoms with van der Waals surface area (Å²) in [7, 11) is -3.37. The number of carbonyl (C=O) groups excluding carboxylic acids is 2. The Bertz CT molecular complexity index is 752. The molecule has 9 heteroatoms. The average Bonchev–Trinajstić information content (AvgIpc) is 2.61. The van der Waals surface area contributed by atoms with Crippen molar-refractivity contribution in [3.63, 3.8) is 0 Å². The van der Waals surface area contributed by atoms with Gasteiger partial charge in [-0.15, -0.1) is 0 Å². The number of imide groups is 1. The van der Waals surface area contributed by atoms with Crippen molar-refractivity contribution in [3.8, 4) is 0 Å². The number of fused-ring (bicyclic) bond motifs is 1. The lowest BCUT2D eigenvalue weighted by molar-refractivity contribution is -0.119. The van der Waals surface area contributed by atoms with Crippen LogP contribution < -0.4 is 4.90 Å². The summed E-state index contributed by atoms with van der Waals surface area (Å²) in [4.78, 5) is 26.4.